The van der Waals surface area contributed by atoms with E-state index < -0.39 is 49.4 Å². The van der Waals surface area contributed by atoms with Gasteiger partial charge in [0.05, 0.1) is 24.9 Å². The Hall–Kier alpha value is -3.36. The van der Waals surface area contributed by atoms with E-state index in [1.807, 2.05) is 51.8 Å². The van der Waals surface area contributed by atoms with Gasteiger partial charge < -0.3 is 35.1 Å². The zero-order valence-electron chi connectivity index (χ0n) is 35.6. The number of thiazole rings is 1. The van der Waals surface area contributed by atoms with Crippen LogP contribution in [0, 0.1) is 11.8 Å². The van der Waals surface area contributed by atoms with Gasteiger partial charge in [0.1, 0.15) is 16.7 Å². The molecular formula is C41H67N6O8PS. The van der Waals surface area contributed by atoms with Gasteiger partial charge in [-0.3, -0.25) is 28.6 Å². The summed E-state index contributed by atoms with van der Waals surface area (Å²) in [6.07, 6.45) is 3.54. The molecule has 2 aromatic rings. The molecule has 0 unspecified atom stereocenters. The quantitative estimate of drug-likeness (QED) is 0.0660. The lowest BCUT2D eigenvalue weighted by Crippen LogP contribution is -2.58. The van der Waals surface area contributed by atoms with Crippen molar-refractivity contribution >= 4 is 48.3 Å². The van der Waals surface area contributed by atoms with E-state index >= 15 is 0 Å². The molecule has 0 radical (unpaired) electrons. The number of nitrogens with two attached hydrogens (primary N) is 1. The van der Waals surface area contributed by atoms with E-state index in [9.17, 15) is 23.7 Å². The fraction of sp³-hybridized carbons (Fsp3) is 0.683. The van der Waals surface area contributed by atoms with Crippen LogP contribution in [0.25, 0.3) is 0 Å². The minimum atomic E-state index is -3.47. The number of anilines is 1. The Morgan fingerprint density at radius 2 is 1.67 bits per heavy atom. The zero-order chi connectivity index (χ0) is 42.4. The summed E-state index contributed by atoms with van der Waals surface area (Å²) in [6, 6.07) is 5.46. The van der Waals surface area contributed by atoms with E-state index in [1.54, 1.807) is 50.2 Å². The average Bonchev–Trinajstić information content (AvgIpc) is 3.66. The molecule has 3 rings (SSSR count). The number of ether oxygens (including phenoxy) is 1. The molecular weight excluding hydrogens is 768 g/mol. The number of rotatable bonds is 22. The molecule has 0 bridgehead atoms. The Kier molecular flexibility index (Phi) is 19.1. The molecule has 320 valence electrons. The number of likely N-dealkylation sites (N-methyl/N-ethyl adjacent to an activating group) is 2. The predicted molar refractivity (Wildman–Crippen MR) is 225 cm³/mol. The topological polar surface area (TPSA) is 182 Å². The summed E-state index contributed by atoms with van der Waals surface area (Å²) in [7, 11) is 0.205. The highest BCUT2D eigenvalue weighted by Crippen LogP contribution is 2.54. The summed E-state index contributed by atoms with van der Waals surface area (Å²) in [6.45, 7) is 15.8. The Labute approximate surface area is 343 Å². The van der Waals surface area contributed by atoms with Gasteiger partial charge in [-0.2, -0.15) is 0 Å². The summed E-state index contributed by atoms with van der Waals surface area (Å²) in [5, 5.41) is 8.21. The summed E-state index contributed by atoms with van der Waals surface area (Å²) < 4.78 is 30.7. The monoisotopic (exact) mass is 834 g/mol. The lowest BCUT2D eigenvalue weighted by atomic mass is 9.92. The number of carbonyl (C=O) groups is 4. The summed E-state index contributed by atoms with van der Waals surface area (Å²) in [5.41, 5.74) is 7.07. The second-order valence-electron chi connectivity index (χ2n) is 15.6. The summed E-state index contributed by atoms with van der Waals surface area (Å²) >= 11 is 1.19. The van der Waals surface area contributed by atoms with Crippen molar-refractivity contribution in [3.05, 3.63) is 45.9 Å². The number of amides is 3. The number of piperidine rings is 1. The molecule has 0 spiro atoms. The minimum Gasteiger partial charge on any atom is -0.455 e. The maximum atomic E-state index is 14.3. The Morgan fingerprint density at radius 1 is 1.02 bits per heavy atom. The van der Waals surface area contributed by atoms with Gasteiger partial charge >= 0.3 is 13.6 Å². The largest absolute Gasteiger partial charge is 0.455 e. The van der Waals surface area contributed by atoms with Crippen molar-refractivity contribution < 1.29 is 37.5 Å². The molecule has 7 atom stereocenters. The van der Waals surface area contributed by atoms with E-state index in [0.717, 1.165) is 31.4 Å². The Bertz CT molecular complexity index is 1650. The van der Waals surface area contributed by atoms with Crippen molar-refractivity contribution in [2.45, 2.75) is 136 Å². The van der Waals surface area contributed by atoms with Gasteiger partial charge in [-0.15, -0.1) is 11.3 Å². The van der Waals surface area contributed by atoms with Gasteiger partial charge in [0.2, 0.25) is 11.8 Å². The first-order valence-electron chi connectivity index (χ1n) is 20.4. The molecule has 4 N–H and O–H groups in total. The third kappa shape index (κ3) is 13.9. The van der Waals surface area contributed by atoms with Crippen molar-refractivity contribution in [3.8, 4) is 0 Å². The third-order valence-electron chi connectivity index (χ3n) is 10.8. The molecule has 14 nitrogen and oxygen atoms in total. The minimum absolute atomic E-state index is 0.0575. The standard InChI is InChI=1S/C41H67N6O8PS/c1-11-27(6)37(45-39(50)34-16-14-15-21-46(34)9)41(51)47(10)35(26(4)5)24-36(55-29(8)48)40-44-33(25-57-40)38(49)43-32(23-30-17-19-31(42)20-18-30)22-28(7)56(52,53-12-2)54-13-3/h17-20,25-28,32,34-37H,11-16,21-24,42H2,1-10H3,(H,43,49)(H,45,50)/t27-,28+,32+,34+,35+,36+,37-/m0/s1. The average molecular weight is 835 g/mol. The van der Waals surface area contributed by atoms with Crippen LogP contribution in [0.5, 0.6) is 0 Å². The van der Waals surface area contributed by atoms with Gasteiger partial charge in [0.15, 0.2) is 6.10 Å². The van der Waals surface area contributed by atoms with E-state index in [0.29, 0.717) is 30.0 Å². The van der Waals surface area contributed by atoms with Crippen LogP contribution >= 0.6 is 18.9 Å². The molecule has 1 aromatic carbocycles. The molecule has 16 heteroatoms. The van der Waals surface area contributed by atoms with Crippen molar-refractivity contribution in [3.63, 3.8) is 0 Å². The molecule has 0 saturated carbocycles. The number of aromatic nitrogens is 1. The summed E-state index contributed by atoms with van der Waals surface area (Å²) in [4.78, 5) is 62.4. The zero-order valence-corrected chi connectivity index (χ0v) is 37.3. The number of esters is 1. The molecule has 1 aliphatic rings. The van der Waals surface area contributed by atoms with Crippen molar-refractivity contribution in [1.29, 1.82) is 0 Å². The second kappa shape index (κ2) is 22.7. The molecule has 1 fully saturated rings. The number of benzene rings is 1. The Morgan fingerprint density at radius 3 is 2.23 bits per heavy atom. The fourth-order valence-corrected chi connectivity index (χ4v) is 10.00. The SMILES string of the molecule is CCOP(=O)(OCC)[C@H](C)C[C@H](Cc1ccc(N)cc1)NC(=O)c1csc([C@@H](C[C@H](C(C)C)N(C)C(=O)[C@@H](NC(=O)[C@H]2CCCCN2C)[C@@H](C)CC)OC(C)=O)n1. The van der Waals surface area contributed by atoms with Crippen LogP contribution in [0.1, 0.15) is 121 Å². The van der Waals surface area contributed by atoms with Crippen LogP contribution < -0.4 is 16.4 Å². The van der Waals surface area contributed by atoms with Gasteiger partial charge in [-0.25, -0.2) is 4.98 Å². The normalized spacial score (nSPS) is 18.2. The number of hydrogen-bond donors (Lipinski definition) is 3. The van der Waals surface area contributed by atoms with Crippen LogP contribution in [-0.2, 0) is 39.2 Å². The highest BCUT2D eigenvalue weighted by molar-refractivity contribution is 7.54. The highest BCUT2D eigenvalue weighted by Gasteiger charge is 2.38. The van der Waals surface area contributed by atoms with Crippen molar-refractivity contribution in [2.75, 3.05) is 39.6 Å². The maximum absolute atomic E-state index is 14.3. The van der Waals surface area contributed by atoms with Crippen LogP contribution in [0.4, 0.5) is 5.69 Å². The first-order chi connectivity index (χ1) is 26.9. The van der Waals surface area contributed by atoms with Crippen molar-refractivity contribution in [2.24, 2.45) is 11.8 Å². The number of hydrogen-bond acceptors (Lipinski definition) is 12. The molecule has 1 aromatic heterocycles. The molecule has 1 aliphatic heterocycles. The van der Waals surface area contributed by atoms with E-state index in [1.165, 1.54) is 18.3 Å². The van der Waals surface area contributed by atoms with E-state index in [-0.39, 0.29) is 55.0 Å². The van der Waals surface area contributed by atoms with Crippen molar-refractivity contribution in [1.82, 2.24) is 25.4 Å². The molecule has 1 saturated heterocycles. The summed E-state index contributed by atoms with van der Waals surface area (Å²) in [5.74, 6) is -1.50. The van der Waals surface area contributed by atoms with E-state index in [2.05, 4.69) is 15.6 Å². The molecule has 2 heterocycles. The number of nitrogens with zero attached hydrogens (tertiary/aromatic N) is 3. The van der Waals surface area contributed by atoms with Crippen LogP contribution in [-0.4, -0.2) is 102 Å². The molecule has 57 heavy (non-hydrogen) atoms. The smallest absolute Gasteiger partial charge is 0.333 e. The predicted octanol–water partition coefficient (Wildman–Crippen LogP) is 6.60. The lowest BCUT2D eigenvalue weighted by molar-refractivity contribution is -0.149. The van der Waals surface area contributed by atoms with Crippen LogP contribution in [0.3, 0.4) is 0 Å². The van der Waals surface area contributed by atoms with Gasteiger partial charge in [-0.1, -0.05) is 59.6 Å². The Balaban J connectivity index is 1.85. The number of nitrogens with one attached hydrogen (secondary N) is 2. The van der Waals surface area contributed by atoms with Crippen LogP contribution in [0.2, 0.25) is 0 Å². The fourth-order valence-electron chi connectivity index (χ4n) is 7.34. The molecule has 0 aliphatic carbocycles. The van der Waals surface area contributed by atoms with Gasteiger partial charge in [-0.05, 0) is 82.7 Å². The van der Waals surface area contributed by atoms with Gasteiger partial charge in [0.25, 0.3) is 5.91 Å². The first-order valence-corrected chi connectivity index (χ1v) is 22.9. The number of carbonyl (C=O) groups excluding carboxylic acids is 4. The number of nitrogen functional groups attached to an aromatic ring is 1. The molecule has 3 amide bonds. The second-order valence-corrected chi connectivity index (χ2v) is 19.0. The number of likely N-dealkylation sites (tertiary alicyclic amines) is 1. The lowest BCUT2D eigenvalue weighted by Gasteiger charge is -2.38. The first kappa shape index (κ1) is 48.0. The third-order valence-corrected chi connectivity index (χ3v) is 14.3. The highest BCUT2D eigenvalue weighted by atomic mass is 32.1. The maximum Gasteiger partial charge on any atom is 0.333 e. The van der Waals surface area contributed by atoms with Crippen LogP contribution in [0.15, 0.2) is 29.6 Å². The van der Waals surface area contributed by atoms with E-state index in [4.69, 9.17) is 19.5 Å². The van der Waals surface area contributed by atoms with Gasteiger partial charge in [0, 0.05) is 43.5 Å².